The molecule has 2 aromatic carbocycles. The number of hydrogen-bond acceptors (Lipinski definition) is 5. The van der Waals surface area contributed by atoms with Gasteiger partial charge in [0.05, 0.1) is 13.7 Å². The first-order chi connectivity index (χ1) is 13.1. The van der Waals surface area contributed by atoms with Crippen molar-refractivity contribution >= 4 is 35.4 Å². The summed E-state index contributed by atoms with van der Waals surface area (Å²) in [5.74, 6) is 1.31. The Morgan fingerprint density at radius 1 is 1.22 bits per heavy atom. The highest BCUT2D eigenvalue weighted by molar-refractivity contribution is 7.98. The Morgan fingerprint density at radius 3 is 2.52 bits per heavy atom. The summed E-state index contributed by atoms with van der Waals surface area (Å²) in [7, 11) is 1.63. The van der Waals surface area contributed by atoms with Gasteiger partial charge < -0.3 is 9.47 Å². The van der Waals surface area contributed by atoms with Crippen molar-refractivity contribution in [3.63, 3.8) is 0 Å². The number of cyclic esters (lactones) is 1. The molecule has 27 heavy (non-hydrogen) atoms. The minimum atomic E-state index is -0.560. The van der Waals surface area contributed by atoms with Gasteiger partial charge in [-0.3, -0.25) is 4.79 Å². The maximum Gasteiger partial charge on any atom is 0.416 e. The predicted molar refractivity (Wildman–Crippen MR) is 106 cm³/mol. The number of carbonyl (C=O) groups is 2. The summed E-state index contributed by atoms with van der Waals surface area (Å²) in [6, 6.07) is 15.3. The van der Waals surface area contributed by atoms with Crippen molar-refractivity contribution in [3.05, 3.63) is 64.7 Å². The standard InChI is InChI=1S/C20H20ClNO4S/c1-25-17-8-2-14(3-9-17)13-27-18(15-4-6-16(21)7-5-15)12-19(23)22-10-11-26-20(22)24/h2-9,18H,10-13H2,1H3/t18-/m1/s1. The number of carbonyl (C=O) groups excluding carboxylic acids is 2. The van der Waals surface area contributed by atoms with E-state index >= 15 is 0 Å². The van der Waals surface area contributed by atoms with E-state index in [9.17, 15) is 9.59 Å². The summed E-state index contributed by atoms with van der Waals surface area (Å²) in [6.07, 6.45) is -0.340. The van der Waals surface area contributed by atoms with Crippen molar-refractivity contribution in [3.8, 4) is 5.75 Å². The second kappa shape index (κ2) is 9.15. The largest absolute Gasteiger partial charge is 0.497 e. The maximum atomic E-state index is 12.6. The molecule has 2 aromatic rings. The van der Waals surface area contributed by atoms with Crippen LogP contribution >= 0.6 is 23.4 Å². The molecule has 1 fully saturated rings. The Bertz CT molecular complexity index is 795. The number of benzene rings is 2. The van der Waals surface area contributed by atoms with Gasteiger partial charge in [0.15, 0.2) is 0 Å². The monoisotopic (exact) mass is 405 g/mol. The van der Waals surface area contributed by atoms with E-state index in [2.05, 4.69) is 0 Å². The number of imide groups is 1. The van der Waals surface area contributed by atoms with Gasteiger partial charge in [-0.25, -0.2) is 9.69 Å². The molecule has 142 valence electrons. The molecule has 1 aliphatic rings. The van der Waals surface area contributed by atoms with Gasteiger partial charge in [0.2, 0.25) is 5.91 Å². The van der Waals surface area contributed by atoms with Crippen LogP contribution in [0.4, 0.5) is 4.79 Å². The van der Waals surface area contributed by atoms with Crippen molar-refractivity contribution in [1.29, 1.82) is 0 Å². The maximum absolute atomic E-state index is 12.6. The van der Waals surface area contributed by atoms with Gasteiger partial charge in [-0.05, 0) is 35.4 Å². The SMILES string of the molecule is COc1ccc(CS[C@H](CC(=O)N2CCOC2=O)c2ccc(Cl)cc2)cc1. The van der Waals surface area contributed by atoms with Crippen LogP contribution in [0.25, 0.3) is 0 Å². The van der Waals surface area contributed by atoms with Crippen LogP contribution in [0.2, 0.25) is 5.02 Å². The highest BCUT2D eigenvalue weighted by Gasteiger charge is 2.30. The van der Waals surface area contributed by atoms with Crippen molar-refractivity contribution in [2.75, 3.05) is 20.3 Å². The number of ether oxygens (including phenoxy) is 2. The second-order valence-corrected chi connectivity index (χ2v) is 7.69. The van der Waals surface area contributed by atoms with E-state index < -0.39 is 6.09 Å². The number of amides is 2. The zero-order valence-corrected chi connectivity index (χ0v) is 16.5. The van der Waals surface area contributed by atoms with Crippen LogP contribution in [0.15, 0.2) is 48.5 Å². The second-order valence-electron chi connectivity index (χ2n) is 6.06. The van der Waals surface area contributed by atoms with Crippen LogP contribution in [0.5, 0.6) is 5.75 Å². The first-order valence-corrected chi connectivity index (χ1v) is 9.96. The van der Waals surface area contributed by atoms with Crippen LogP contribution in [-0.2, 0) is 15.3 Å². The number of nitrogens with zero attached hydrogens (tertiary/aromatic N) is 1. The average molecular weight is 406 g/mol. The van der Waals surface area contributed by atoms with Gasteiger partial charge in [-0.15, -0.1) is 11.8 Å². The summed E-state index contributed by atoms with van der Waals surface area (Å²) in [6.45, 7) is 0.573. The first-order valence-electron chi connectivity index (χ1n) is 8.54. The summed E-state index contributed by atoms with van der Waals surface area (Å²) in [5, 5.41) is 0.553. The van der Waals surface area contributed by atoms with E-state index in [1.807, 2.05) is 48.5 Å². The molecule has 3 rings (SSSR count). The average Bonchev–Trinajstić information content (AvgIpc) is 3.12. The van der Waals surface area contributed by atoms with Gasteiger partial charge in [-0.2, -0.15) is 0 Å². The molecule has 1 aliphatic heterocycles. The normalized spacial score (nSPS) is 14.7. The van der Waals surface area contributed by atoms with Crippen LogP contribution in [0.3, 0.4) is 0 Å². The summed E-state index contributed by atoms with van der Waals surface area (Å²) in [4.78, 5) is 25.4. The Balaban J connectivity index is 1.71. The Labute approximate surface area is 167 Å². The lowest BCUT2D eigenvalue weighted by Crippen LogP contribution is -2.32. The molecule has 0 saturated carbocycles. The molecule has 0 unspecified atom stereocenters. The highest BCUT2D eigenvalue weighted by Crippen LogP contribution is 2.36. The van der Waals surface area contributed by atoms with Gasteiger partial charge >= 0.3 is 6.09 Å². The Kier molecular flexibility index (Phi) is 6.63. The number of methoxy groups -OCH3 is 1. The summed E-state index contributed by atoms with van der Waals surface area (Å²) >= 11 is 7.64. The molecule has 1 saturated heterocycles. The molecule has 0 spiro atoms. The van der Waals surface area contributed by atoms with Crippen LogP contribution in [0, 0.1) is 0 Å². The first kappa shape index (κ1) is 19.6. The lowest BCUT2D eigenvalue weighted by atomic mass is 10.1. The zero-order chi connectivity index (χ0) is 19.2. The molecule has 1 atom stereocenters. The molecule has 0 radical (unpaired) electrons. The van der Waals surface area contributed by atoms with Crippen LogP contribution in [0.1, 0.15) is 22.8 Å². The summed E-state index contributed by atoms with van der Waals surface area (Å²) in [5.41, 5.74) is 2.13. The third-order valence-electron chi connectivity index (χ3n) is 4.27. The third kappa shape index (κ3) is 5.17. The smallest absolute Gasteiger partial charge is 0.416 e. The topological polar surface area (TPSA) is 55.8 Å². The Morgan fingerprint density at radius 2 is 1.93 bits per heavy atom. The van der Waals surface area contributed by atoms with E-state index in [-0.39, 0.29) is 24.2 Å². The lowest BCUT2D eigenvalue weighted by Gasteiger charge is -2.19. The zero-order valence-electron chi connectivity index (χ0n) is 14.9. The minimum Gasteiger partial charge on any atom is -0.497 e. The van der Waals surface area contributed by atoms with E-state index in [1.54, 1.807) is 18.9 Å². The number of thioether (sulfide) groups is 1. The van der Waals surface area contributed by atoms with E-state index in [0.717, 1.165) is 22.6 Å². The van der Waals surface area contributed by atoms with Crippen molar-refractivity contribution < 1.29 is 19.1 Å². The predicted octanol–water partition coefficient (Wildman–Crippen LogP) is 4.69. The van der Waals surface area contributed by atoms with Crippen molar-refractivity contribution in [1.82, 2.24) is 4.90 Å². The number of rotatable bonds is 7. The van der Waals surface area contributed by atoms with Gasteiger partial charge in [0.25, 0.3) is 0 Å². The highest BCUT2D eigenvalue weighted by atomic mass is 35.5. The number of halogens is 1. The Hall–Kier alpha value is -2.18. The van der Waals surface area contributed by atoms with Gasteiger partial charge in [0.1, 0.15) is 12.4 Å². The quantitative estimate of drug-likeness (QED) is 0.668. The molecule has 2 amide bonds. The van der Waals surface area contributed by atoms with Crippen molar-refractivity contribution in [2.24, 2.45) is 0 Å². The van der Waals surface area contributed by atoms with Crippen LogP contribution < -0.4 is 4.74 Å². The fourth-order valence-electron chi connectivity index (χ4n) is 2.76. The fraction of sp³-hybridized carbons (Fsp3) is 0.300. The molecule has 0 bridgehead atoms. The molecule has 0 aromatic heterocycles. The van der Waals surface area contributed by atoms with Crippen molar-refractivity contribution in [2.45, 2.75) is 17.4 Å². The molecular weight excluding hydrogens is 386 g/mol. The summed E-state index contributed by atoms with van der Waals surface area (Å²) < 4.78 is 10.1. The van der Waals surface area contributed by atoms with Gasteiger partial charge in [0, 0.05) is 22.4 Å². The molecule has 5 nitrogen and oxygen atoms in total. The molecule has 0 N–H and O–H groups in total. The lowest BCUT2D eigenvalue weighted by molar-refractivity contribution is -0.127. The third-order valence-corrected chi connectivity index (χ3v) is 5.87. The molecule has 7 heteroatoms. The van der Waals surface area contributed by atoms with Crippen LogP contribution in [-0.4, -0.2) is 37.2 Å². The molecule has 1 heterocycles. The van der Waals surface area contributed by atoms with E-state index in [0.29, 0.717) is 11.6 Å². The van der Waals surface area contributed by atoms with E-state index in [1.165, 1.54) is 4.90 Å². The molecule has 0 aliphatic carbocycles. The number of hydrogen-bond donors (Lipinski definition) is 0. The fourth-order valence-corrected chi connectivity index (χ4v) is 4.08. The van der Waals surface area contributed by atoms with Gasteiger partial charge in [-0.1, -0.05) is 35.9 Å². The minimum absolute atomic E-state index is 0.0923. The molecular formula is C20H20ClNO4S. The van der Waals surface area contributed by atoms with E-state index in [4.69, 9.17) is 21.1 Å².